The van der Waals surface area contributed by atoms with E-state index >= 15 is 0 Å². The van der Waals surface area contributed by atoms with Gasteiger partial charge in [0.2, 0.25) is 5.91 Å². The summed E-state index contributed by atoms with van der Waals surface area (Å²) in [6.07, 6.45) is 1.52. The van der Waals surface area contributed by atoms with Crippen molar-refractivity contribution in [3.05, 3.63) is 29.3 Å². The van der Waals surface area contributed by atoms with Gasteiger partial charge in [-0.25, -0.2) is 0 Å². The molecule has 0 bridgehead atoms. The molecule has 3 rings (SSSR count). The first-order valence-electron chi connectivity index (χ1n) is 8.30. The summed E-state index contributed by atoms with van der Waals surface area (Å²) < 4.78 is 5.46. The molecule has 2 aliphatic heterocycles. The van der Waals surface area contributed by atoms with Crippen LogP contribution in [0, 0.1) is 0 Å². The average Bonchev–Trinajstić information content (AvgIpc) is 3.09. The molecule has 6 nitrogen and oxygen atoms in total. The van der Waals surface area contributed by atoms with Crippen molar-refractivity contribution < 1.29 is 14.3 Å². The smallest absolute Gasteiger partial charge is 0.251 e. The second-order valence-electron chi connectivity index (χ2n) is 6.16. The van der Waals surface area contributed by atoms with Crippen molar-refractivity contribution in [1.82, 2.24) is 9.80 Å². The van der Waals surface area contributed by atoms with Gasteiger partial charge in [0.1, 0.15) is 6.10 Å². The second kappa shape index (κ2) is 7.96. The molecular formula is C17H22ClN3O3. The predicted octanol–water partition coefficient (Wildman–Crippen LogP) is 1.60. The quantitative estimate of drug-likeness (QED) is 0.895. The van der Waals surface area contributed by atoms with Crippen molar-refractivity contribution in [1.29, 1.82) is 0 Å². The molecule has 2 aliphatic rings. The van der Waals surface area contributed by atoms with E-state index in [1.54, 1.807) is 18.2 Å². The van der Waals surface area contributed by atoms with Crippen molar-refractivity contribution in [3.8, 4) is 0 Å². The minimum atomic E-state index is -0.261. The molecule has 2 saturated heterocycles. The Bertz CT molecular complexity index is 596. The van der Waals surface area contributed by atoms with Gasteiger partial charge in [0.25, 0.3) is 5.91 Å². The van der Waals surface area contributed by atoms with Crippen LogP contribution in [0.5, 0.6) is 0 Å². The van der Waals surface area contributed by atoms with Crippen LogP contribution in [0.2, 0.25) is 5.02 Å². The van der Waals surface area contributed by atoms with Crippen molar-refractivity contribution in [2.45, 2.75) is 18.9 Å². The fraction of sp³-hybridized carbons (Fsp3) is 0.529. The van der Waals surface area contributed by atoms with E-state index < -0.39 is 0 Å². The molecule has 1 N–H and O–H groups in total. The SMILES string of the molecule is O=C(CN1CCN(C(=O)C2CCCO2)CC1)Nc1cccc(Cl)c1. The standard InChI is InChI=1S/C17H22ClN3O3/c18-13-3-1-4-14(11-13)19-16(22)12-20-6-8-21(9-7-20)17(23)15-5-2-10-24-15/h1,3-4,11,15H,2,5-10,12H2,(H,19,22). The molecule has 0 spiro atoms. The van der Waals surface area contributed by atoms with Gasteiger partial charge in [-0.3, -0.25) is 14.5 Å². The van der Waals surface area contributed by atoms with Gasteiger partial charge < -0.3 is 15.0 Å². The average molecular weight is 352 g/mol. The van der Waals surface area contributed by atoms with Gasteiger partial charge in [0, 0.05) is 43.5 Å². The number of carbonyl (C=O) groups is 2. The molecule has 2 fully saturated rings. The zero-order valence-electron chi connectivity index (χ0n) is 13.5. The number of piperazine rings is 1. The number of nitrogens with one attached hydrogen (secondary N) is 1. The van der Waals surface area contributed by atoms with Gasteiger partial charge in [-0.15, -0.1) is 0 Å². The molecule has 0 saturated carbocycles. The fourth-order valence-electron chi connectivity index (χ4n) is 3.07. The Morgan fingerprint density at radius 3 is 2.71 bits per heavy atom. The first-order valence-corrected chi connectivity index (χ1v) is 8.68. The van der Waals surface area contributed by atoms with E-state index in [9.17, 15) is 9.59 Å². The molecule has 2 heterocycles. The Morgan fingerprint density at radius 1 is 1.25 bits per heavy atom. The second-order valence-corrected chi connectivity index (χ2v) is 6.60. The molecule has 1 aromatic rings. The zero-order chi connectivity index (χ0) is 16.9. The molecule has 1 aromatic carbocycles. The Hall–Kier alpha value is -1.63. The fourth-order valence-corrected chi connectivity index (χ4v) is 3.26. The predicted molar refractivity (Wildman–Crippen MR) is 92.1 cm³/mol. The van der Waals surface area contributed by atoms with Crippen LogP contribution in [0.25, 0.3) is 0 Å². The van der Waals surface area contributed by atoms with Crippen LogP contribution in [-0.2, 0) is 14.3 Å². The van der Waals surface area contributed by atoms with E-state index in [4.69, 9.17) is 16.3 Å². The highest BCUT2D eigenvalue weighted by molar-refractivity contribution is 6.30. The zero-order valence-corrected chi connectivity index (χ0v) is 14.3. The van der Waals surface area contributed by atoms with Crippen LogP contribution < -0.4 is 5.32 Å². The number of ether oxygens (including phenoxy) is 1. The number of hydrogen-bond acceptors (Lipinski definition) is 4. The number of hydrogen-bond donors (Lipinski definition) is 1. The summed E-state index contributed by atoms with van der Waals surface area (Å²) >= 11 is 5.91. The maximum Gasteiger partial charge on any atom is 0.251 e. The van der Waals surface area contributed by atoms with Gasteiger partial charge >= 0.3 is 0 Å². The number of benzene rings is 1. The number of nitrogens with zero attached hydrogens (tertiary/aromatic N) is 2. The minimum Gasteiger partial charge on any atom is -0.368 e. The highest BCUT2D eigenvalue weighted by Gasteiger charge is 2.30. The molecule has 2 amide bonds. The monoisotopic (exact) mass is 351 g/mol. The van der Waals surface area contributed by atoms with E-state index in [1.165, 1.54) is 0 Å². The molecule has 130 valence electrons. The van der Waals surface area contributed by atoms with Crippen molar-refractivity contribution in [3.63, 3.8) is 0 Å². The molecule has 1 unspecified atom stereocenters. The maximum atomic E-state index is 12.3. The third kappa shape index (κ3) is 4.47. The molecule has 7 heteroatoms. The summed E-state index contributed by atoms with van der Waals surface area (Å²) in [5.74, 6) is 0.0201. The first kappa shape index (κ1) is 17.2. The van der Waals surface area contributed by atoms with Crippen LogP contribution in [0.3, 0.4) is 0 Å². The lowest BCUT2D eigenvalue weighted by Gasteiger charge is -2.35. The van der Waals surface area contributed by atoms with Crippen LogP contribution in [0.15, 0.2) is 24.3 Å². The normalized spacial score (nSPS) is 21.7. The van der Waals surface area contributed by atoms with E-state index in [2.05, 4.69) is 10.2 Å². The third-order valence-corrected chi connectivity index (χ3v) is 4.60. The Balaban J connectivity index is 1.43. The summed E-state index contributed by atoms with van der Waals surface area (Å²) in [7, 11) is 0. The minimum absolute atomic E-state index is 0.0730. The van der Waals surface area contributed by atoms with Crippen molar-refractivity contribution >= 4 is 29.1 Å². The Kier molecular flexibility index (Phi) is 5.71. The largest absolute Gasteiger partial charge is 0.368 e. The summed E-state index contributed by atoms with van der Waals surface area (Å²) in [6, 6.07) is 7.09. The van der Waals surface area contributed by atoms with Crippen LogP contribution in [0.1, 0.15) is 12.8 Å². The number of amides is 2. The van der Waals surface area contributed by atoms with E-state index in [-0.39, 0.29) is 17.9 Å². The Morgan fingerprint density at radius 2 is 2.04 bits per heavy atom. The molecular weight excluding hydrogens is 330 g/mol. The summed E-state index contributed by atoms with van der Waals surface area (Å²) in [5.41, 5.74) is 0.694. The lowest BCUT2D eigenvalue weighted by atomic mass is 10.2. The van der Waals surface area contributed by atoms with Gasteiger partial charge in [-0.1, -0.05) is 17.7 Å². The van der Waals surface area contributed by atoms with Crippen molar-refractivity contribution in [2.75, 3.05) is 44.6 Å². The number of carbonyl (C=O) groups excluding carboxylic acids is 2. The van der Waals surface area contributed by atoms with Gasteiger partial charge in [0.15, 0.2) is 0 Å². The van der Waals surface area contributed by atoms with E-state index in [1.807, 2.05) is 11.0 Å². The van der Waals surface area contributed by atoms with Crippen molar-refractivity contribution in [2.24, 2.45) is 0 Å². The molecule has 1 atom stereocenters. The first-order chi connectivity index (χ1) is 11.6. The number of halogens is 1. The highest BCUT2D eigenvalue weighted by atomic mass is 35.5. The highest BCUT2D eigenvalue weighted by Crippen LogP contribution is 2.17. The van der Waals surface area contributed by atoms with Gasteiger partial charge in [-0.2, -0.15) is 0 Å². The summed E-state index contributed by atoms with van der Waals surface area (Å²) in [6.45, 7) is 3.67. The Labute approximate surface area is 146 Å². The van der Waals surface area contributed by atoms with Gasteiger partial charge in [0.05, 0.1) is 6.54 Å². The van der Waals surface area contributed by atoms with Crippen LogP contribution in [0.4, 0.5) is 5.69 Å². The van der Waals surface area contributed by atoms with E-state index in [0.29, 0.717) is 50.0 Å². The number of anilines is 1. The van der Waals surface area contributed by atoms with Gasteiger partial charge in [-0.05, 0) is 31.0 Å². The maximum absolute atomic E-state index is 12.3. The van der Waals surface area contributed by atoms with Crippen LogP contribution >= 0.6 is 11.6 Å². The lowest BCUT2D eigenvalue weighted by molar-refractivity contribution is -0.142. The lowest BCUT2D eigenvalue weighted by Crippen LogP contribution is -2.52. The molecule has 0 aliphatic carbocycles. The number of rotatable bonds is 4. The van der Waals surface area contributed by atoms with E-state index in [0.717, 1.165) is 12.8 Å². The third-order valence-electron chi connectivity index (χ3n) is 4.36. The summed E-state index contributed by atoms with van der Waals surface area (Å²) in [5, 5.41) is 3.43. The molecule has 24 heavy (non-hydrogen) atoms. The topological polar surface area (TPSA) is 61.9 Å². The molecule has 0 aromatic heterocycles. The summed E-state index contributed by atoms with van der Waals surface area (Å²) in [4.78, 5) is 28.3. The molecule has 0 radical (unpaired) electrons. The van der Waals surface area contributed by atoms with Crippen LogP contribution in [-0.4, -0.2) is 67.0 Å².